The largest absolute Gasteiger partial charge is 0.486 e. The summed E-state index contributed by atoms with van der Waals surface area (Å²) in [6.45, 7) is 2.26. The molecule has 1 aromatic carbocycles. The Hall–Kier alpha value is -2.70. The highest BCUT2D eigenvalue weighted by molar-refractivity contribution is 5.74. The normalized spacial score (nSPS) is 17.5. The fourth-order valence-electron chi connectivity index (χ4n) is 4.05. The molecule has 0 unspecified atom stereocenters. The van der Waals surface area contributed by atoms with E-state index in [9.17, 15) is 4.79 Å². The summed E-state index contributed by atoms with van der Waals surface area (Å²) in [6, 6.07) is 6.05. The van der Waals surface area contributed by atoms with Crippen LogP contribution < -0.4 is 20.1 Å². The molecule has 1 saturated carbocycles. The molecule has 0 atom stereocenters. The second-order valence-corrected chi connectivity index (χ2v) is 7.40. The molecule has 2 aromatic rings. The van der Waals surface area contributed by atoms with E-state index in [0.717, 1.165) is 29.9 Å². The first-order valence-electron chi connectivity index (χ1n) is 9.54. The van der Waals surface area contributed by atoms with Crippen LogP contribution in [0, 0.1) is 0 Å². The number of rotatable bonds is 5. The van der Waals surface area contributed by atoms with E-state index < -0.39 is 0 Å². The Morgan fingerprint density at radius 2 is 1.96 bits per heavy atom. The maximum absolute atomic E-state index is 12.3. The first-order chi connectivity index (χ1) is 13.1. The predicted molar refractivity (Wildman–Crippen MR) is 101 cm³/mol. The molecule has 0 spiro atoms. The third-order valence-electron chi connectivity index (χ3n) is 5.51. The Labute approximate surface area is 159 Å². The maximum Gasteiger partial charge on any atom is 0.315 e. The van der Waals surface area contributed by atoms with E-state index in [1.54, 1.807) is 10.9 Å². The van der Waals surface area contributed by atoms with Crippen LogP contribution in [0.2, 0.25) is 0 Å². The molecular weight excluding hydrogens is 344 g/mol. The molecule has 0 saturated heterocycles. The van der Waals surface area contributed by atoms with Crippen LogP contribution in [0.3, 0.4) is 0 Å². The lowest BCUT2D eigenvalue weighted by atomic mass is 9.78. The van der Waals surface area contributed by atoms with Gasteiger partial charge in [-0.25, -0.2) is 4.79 Å². The summed E-state index contributed by atoms with van der Waals surface area (Å²) in [5.41, 5.74) is 2.16. The van der Waals surface area contributed by atoms with E-state index in [1.807, 2.05) is 19.3 Å². The molecule has 7 heteroatoms. The van der Waals surface area contributed by atoms with E-state index >= 15 is 0 Å². The van der Waals surface area contributed by atoms with Crippen molar-refractivity contribution in [2.75, 3.05) is 19.8 Å². The van der Waals surface area contributed by atoms with E-state index in [1.165, 1.54) is 18.4 Å². The quantitative estimate of drug-likeness (QED) is 0.848. The van der Waals surface area contributed by atoms with Gasteiger partial charge in [-0.1, -0.05) is 18.9 Å². The highest BCUT2D eigenvalue weighted by Crippen LogP contribution is 2.43. The summed E-state index contributed by atoms with van der Waals surface area (Å²) >= 11 is 0. The first kappa shape index (κ1) is 17.7. The van der Waals surface area contributed by atoms with Gasteiger partial charge < -0.3 is 20.1 Å². The van der Waals surface area contributed by atoms with E-state index in [0.29, 0.717) is 26.3 Å². The summed E-state index contributed by atoms with van der Waals surface area (Å²) in [5, 5.41) is 10.1. The summed E-state index contributed by atoms with van der Waals surface area (Å²) in [6.07, 6.45) is 8.13. The number of carbonyl (C=O) groups excluding carboxylic acids is 1. The standard InChI is InChI=1S/C20H26N4O3/c1-24-13-15(12-23-24)11-21-19(25)22-14-20(6-2-3-7-20)16-4-5-17-18(10-16)27-9-8-26-17/h4-5,10,12-13H,2-3,6-9,11,14H2,1H3,(H2,21,22,25). The Kier molecular flexibility index (Phi) is 4.92. The summed E-state index contributed by atoms with van der Waals surface area (Å²) in [5.74, 6) is 1.62. The zero-order valence-electron chi connectivity index (χ0n) is 15.7. The van der Waals surface area contributed by atoms with Crippen molar-refractivity contribution >= 4 is 6.03 Å². The molecule has 2 heterocycles. The van der Waals surface area contributed by atoms with Crippen molar-refractivity contribution in [1.29, 1.82) is 0 Å². The zero-order chi connectivity index (χ0) is 18.7. The second-order valence-electron chi connectivity index (χ2n) is 7.40. The van der Waals surface area contributed by atoms with Crippen LogP contribution in [0.25, 0.3) is 0 Å². The Balaban J connectivity index is 1.40. The SMILES string of the molecule is Cn1cc(CNC(=O)NCC2(c3ccc4c(c3)OCCO4)CCCC2)cn1. The number of ether oxygens (including phenoxy) is 2. The van der Waals surface area contributed by atoms with Crippen molar-refractivity contribution < 1.29 is 14.3 Å². The molecular formula is C20H26N4O3. The van der Waals surface area contributed by atoms with Gasteiger partial charge in [-0.05, 0) is 30.5 Å². The minimum absolute atomic E-state index is 0.0402. The van der Waals surface area contributed by atoms with Gasteiger partial charge in [0, 0.05) is 37.3 Å². The van der Waals surface area contributed by atoms with Crippen molar-refractivity contribution in [3.63, 3.8) is 0 Å². The lowest BCUT2D eigenvalue weighted by molar-refractivity contribution is 0.171. The fraction of sp³-hybridized carbons (Fsp3) is 0.500. The lowest BCUT2D eigenvalue weighted by Gasteiger charge is -2.31. The number of carbonyl (C=O) groups is 1. The average molecular weight is 370 g/mol. The van der Waals surface area contributed by atoms with Crippen molar-refractivity contribution in [3.8, 4) is 11.5 Å². The number of amides is 2. The predicted octanol–water partition coefficient (Wildman–Crippen LogP) is 2.50. The van der Waals surface area contributed by atoms with Gasteiger partial charge in [0.2, 0.25) is 0 Å². The van der Waals surface area contributed by atoms with Gasteiger partial charge in [0.25, 0.3) is 0 Å². The van der Waals surface area contributed by atoms with Gasteiger partial charge in [0.15, 0.2) is 11.5 Å². The number of aromatic nitrogens is 2. The number of urea groups is 1. The van der Waals surface area contributed by atoms with Gasteiger partial charge in [-0.15, -0.1) is 0 Å². The van der Waals surface area contributed by atoms with Crippen LogP contribution in [0.5, 0.6) is 11.5 Å². The molecule has 1 aliphatic heterocycles. The average Bonchev–Trinajstić information content (AvgIpc) is 3.34. The Morgan fingerprint density at radius 1 is 1.19 bits per heavy atom. The van der Waals surface area contributed by atoms with Gasteiger partial charge in [0.1, 0.15) is 13.2 Å². The fourth-order valence-corrected chi connectivity index (χ4v) is 4.05. The van der Waals surface area contributed by atoms with Crippen molar-refractivity contribution in [2.24, 2.45) is 7.05 Å². The van der Waals surface area contributed by atoms with Gasteiger partial charge in [-0.2, -0.15) is 5.10 Å². The molecule has 0 radical (unpaired) electrons. The summed E-state index contributed by atoms with van der Waals surface area (Å²) < 4.78 is 13.1. The number of aryl methyl sites for hydroxylation is 1. The monoisotopic (exact) mass is 370 g/mol. The lowest BCUT2D eigenvalue weighted by Crippen LogP contribution is -2.43. The highest BCUT2D eigenvalue weighted by Gasteiger charge is 2.36. The van der Waals surface area contributed by atoms with E-state index in [-0.39, 0.29) is 11.4 Å². The first-order valence-corrected chi connectivity index (χ1v) is 9.54. The molecule has 0 bridgehead atoms. The minimum atomic E-state index is -0.150. The van der Waals surface area contributed by atoms with Crippen LogP contribution in [0.15, 0.2) is 30.6 Å². The number of nitrogens with one attached hydrogen (secondary N) is 2. The second kappa shape index (κ2) is 7.50. The number of hydrogen-bond acceptors (Lipinski definition) is 4. The van der Waals surface area contributed by atoms with Crippen LogP contribution in [-0.2, 0) is 19.0 Å². The Morgan fingerprint density at radius 3 is 2.70 bits per heavy atom. The molecule has 2 aliphatic rings. The Bertz CT molecular complexity index is 811. The molecule has 144 valence electrons. The minimum Gasteiger partial charge on any atom is -0.486 e. The van der Waals surface area contributed by atoms with Gasteiger partial charge in [0.05, 0.1) is 6.20 Å². The van der Waals surface area contributed by atoms with Crippen LogP contribution >= 0.6 is 0 Å². The summed E-state index contributed by atoms with van der Waals surface area (Å²) in [4.78, 5) is 12.3. The van der Waals surface area contributed by atoms with Crippen molar-refractivity contribution in [1.82, 2.24) is 20.4 Å². The smallest absolute Gasteiger partial charge is 0.315 e. The zero-order valence-corrected chi connectivity index (χ0v) is 15.7. The highest BCUT2D eigenvalue weighted by atomic mass is 16.6. The van der Waals surface area contributed by atoms with E-state index in [4.69, 9.17) is 9.47 Å². The molecule has 2 N–H and O–H groups in total. The van der Waals surface area contributed by atoms with Crippen molar-refractivity contribution in [2.45, 2.75) is 37.6 Å². The number of fused-ring (bicyclic) bond motifs is 1. The van der Waals surface area contributed by atoms with Gasteiger partial charge >= 0.3 is 6.03 Å². The molecule has 2 amide bonds. The molecule has 1 fully saturated rings. The topological polar surface area (TPSA) is 77.4 Å². The summed E-state index contributed by atoms with van der Waals surface area (Å²) in [7, 11) is 1.86. The molecule has 4 rings (SSSR count). The number of benzene rings is 1. The van der Waals surface area contributed by atoms with Crippen LogP contribution in [0.1, 0.15) is 36.8 Å². The van der Waals surface area contributed by atoms with Crippen molar-refractivity contribution in [3.05, 3.63) is 41.7 Å². The number of hydrogen-bond donors (Lipinski definition) is 2. The van der Waals surface area contributed by atoms with Crippen LogP contribution in [-0.4, -0.2) is 35.6 Å². The van der Waals surface area contributed by atoms with Gasteiger partial charge in [-0.3, -0.25) is 4.68 Å². The third-order valence-corrected chi connectivity index (χ3v) is 5.51. The van der Waals surface area contributed by atoms with Crippen LogP contribution in [0.4, 0.5) is 4.79 Å². The molecule has 1 aromatic heterocycles. The maximum atomic E-state index is 12.3. The van der Waals surface area contributed by atoms with E-state index in [2.05, 4.69) is 27.9 Å². The molecule has 1 aliphatic carbocycles. The molecule has 27 heavy (non-hydrogen) atoms. The molecule has 7 nitrogen and oxygen atoms in total. The third kappa shape index (κ3) is 3.86. The number of nitrogens with zero attached hydrogens (tertiary/aromatic N) is 2.